The molecule has 7 heteroatoms. The predicted octanol–water partition coefficient (Wildman–Crippen LogP) is 2.20. The van der Waals surface area contributed by atoms with Crippen LogP contribution in [-0.2, 0) is 16.1 Å². The van der Waals surface area contributed by atoms with E-state index in [2.05, 4.69) is 10.5 Å². The van der Waals surface area contributed by atoms with Crippen LogP contribution in [0, 0.1) is 18.8 Å². The summed E-state index contributed by atoms with van der Waals surface area (Å²) < 4.78 is 24.0. The number of hydrogen-bond acceptors (Lipinski definition) is 5. The summed E-state index contributed by atoms with van der Waals surface area (Å²) in [6.45, 7) is 5.14. The Bertz CT molecular complexity index is 610. The highest BCUT2D eigenvalue weighted by Gasteiger charge is 2.33. The van der Waals surface area contributed by atoms with E-state index in [-0.39, 0.29) is 30.1 Å². The second-order valence-corrected chi connectivity index (χ2v) is 6.81. The molecule has 1 saturated heterocycles. The second kappa shape index (κ2) is 8.58. The molecule has 1 aromatic rings. The maximum atomic E-state index is 13.6. The van der Waals surface area contributed by atoms with Gasteiger partial charge in [0.1, 0.15) is 12.1 Å². The average molecular weight is 351 g/mol. The van der Waals surface area contributed by atoms with Gasteiger partial charge in [0.05, 0.1) is 18.2 Å². The van der Waals surface area contributed by atoms with Gasteiger partial charge in [0.2, 0.25) is 5.91 Å². The molecule has 0 saturated carbocycles. The number of halogens is 1. The van der Waals surface area contributed by atoms with E-state index in [4.69, 9.17) is 9.26 Å². The molecular weight excluding hydrogens is 325 g/mol. The lowest BCUT2D eigenvalue weighted by Crippen LogP contribution is -2.46. The number of nitrogens with zero attached hydrogens (tertiary/aromatic N) is 2. The van der Waals surface area contributed by atoms with Gasteiger partial charge in [-0.1, -0.05) is 5.16 Å². The van der Waals surface area contributed by atoms with Crippen molar-refractivity contribution < 1.29 is 18.4 Å². The van der Waals surface area contributed by atoms with Crippen LogP contribution in [0.5, 0.6) is 0 Å². The molecule has 0 radical (unpaired) electrons. The zero-order valence-corrected chi connectivity index (χ0v) is 14.7. The van der Waals surface area contributed by atoms with E-state index in [1.165, 1.54) is 0 Å². The Morgan fingerprint density at radius 2 is 2.28 bits per heavy atom. The summed E-state index contributed by atoms with van der Waals surface area (Å²) in [6, 6.07) is 0. The average Bonchev–Trinajstić information content (AvgIpc) is 3.04. The van der Waals surface area contributed by atoms with E-state index >= 15 is 0 Å². The third-order valence-electron chi connectivity index (χ3n) is 5.10. The van der Waals surface area contributed by atoms with Gasteiger partial charge in [0.15, 0.2) is 0 Å². The molecule has 0 bridgehead atoms. The zero-order chi connectivity index (χ0) is 17.6. The topological polar surface area (TPSA) is 67.6 Å². The number of hydrogen-bond donors (Lipinski definition) is 1. The lowest BCUT2D eigenvalue weighted by atomic mass is 9.84. The molecule has 3 rings (SSSR count). The molecule has 0 spiro atoms. The molecule has 25 heavy (non-hydrogen) atoms. The van der Waals surface area contributed by atoms with Crippen molar-refractivity contribution in [2.45, 2.75) is 32.7 Å². The molecule has 0 aromatic carbocycles. The smallest absolute Gasteiger partial charge is 0.227 e. The van der Waals surface area contributed by atoms with Gasteiger partial charge in [-0.3, -0.25) is 4.79 Å². The Morgan fingerprint density at radius 1 is 1.48 bits per heavy atom. The SMILES string of the molecule is Cc1nocc1CNCC(C(=O)N1CCC=C(F)C1)C1CCOCC1. The maximum absolute atomic E-state index is 13.6. The minimum absolute atomic E-state index is 0.0460. The molecule has 2 aliphatic heterocycles. The van der Waals surface area contributed by atoms with Crippen LogP contribution in [0.2, 0.25) is 0 Å². The number of aromatic nitrogens is 1. The molecule has 1 atom stereocenters. The van der Waals surface area contributed by atoms with Crippen LogP contribution in [0.4, 0.5) is 4.39 Å². The summed E-state index contributed by atoms with van der Waals surface area (Å²) >= 11 is 0. The van der Waals surface area contributed by atoms with Crippen LogP contribution >= 0.6 is 0 Å². The Labute approximate surface area is 147 Å². The fraction of sp³-hybridized carbons (Fsp3) is 0.667. The van der Waals surface area contributed by atoms with Gasteiger partial charge in [-0.25, -0.2) is 4.39 Å². The lowest BCUT2D eigenvalue weighted by Gasteiger charge is -2.34. The van der Waals surface area contributed by atoms with E-state index in [9.17, 15) is 9.18 Å². The fourth-order valence-electron chi connectivity index (χ4n) is 3.54. The summed E-state index contributed by atoms with van der Waals surface area (Å²) in [4.78, 5) is 14.7. The number of amides is 1. The summed E-state index contributed by atoms with van der Waals surface area (Å²) in [5.41, 5.74) is 1.84. The highest BCUT2D eigenvalue weighted by atomic mass is 19.1. The van der Waals surface area contributed by atoms with Crippen LogP contribution in [0.15, 0.2) is 22.7 Å². The third kappa shape index (κ3) is 4.67. The first-order chi connectivity index (χ1) is 12.1. The first-order valence-electron chi connectivity index (χ1n) is 8.96. The third-order valence-corrected chi connectivity index (χ3v) is 5.10. The summed E-state index contributed by atoms with van der Waals surface area (Å²) in [5, 5.41) is 7.23. The zero-order valence-electron chi connectivity index (χ0n) is 14.7. The van der Waals surface area contributed by atoms with Crippen LogP contribution in [0.3, 0.4) is 0 Å². The summed E-state index contributed by atoms with van der Waals surface area (Å²) in [6.07, 6.45) is 5.52. The molecule has 1 amide bonds. The van der Waals surface area contributed by atoms with Crippen molar-refractivity contribution in [1.29, 1.82) is 0 Å². The van der Waals surface area contributed by atoms with E-state index in [1.807, 2.05) is 6.92 Å². The molecule has 1 aromatic heterocycles. The van der Waals surface area contributed by atoms with Gasteiger partial charge >= 0.3 is 0 Å². The van der Waals surface area contributed by atoms with Gasteiger partial charge < -0.3 is 19.5 Å². The predicted molar refractivity (Wildman–Crippen MR) is 90.4 cm³/mol. The van der Waals surface area contributed by atoms with Crippen molar-refractivity contribution >= 4 is 5.91 Å². The minimum atomic E-state index is -0.210. The number of nitrogens with one attached hydrogen (secondary N) is 1. The first-order valence-corrected chi connectivity index (χ1v) is 8.96. The van der Waals surface area contributed by atoms with Crippen molar-refractivity contribution in [2.24, 2.45) is 11.8 Å². The van der Waals surface area contributed by atoms with Crippen molar-refractivity contribution in [1.82, 2.24) is 15.4 Å². The van der Waals surface area contributed by atoms with Crippen molar-refractivity contribution in [3.63, 3.8) is 0 Å². The van der Waals surface area contributed by atoms with Crippen LogP contribution in [-0.4, -0.2) is 48.8 Å². The van der Waals surface area contributed by atoms with Crippen LogP contribution in [0.25, 0.3) is 0 Å². The molecule has 6 nitrogen and oxygen atoms in total. The van der Waals surface area contributed by atoms with Crippen LogP contribution < -0.4 is 5.32 Å². The normalized spacial score (nSPS) is 20.4. The highest BCUT2D eigenvalue weighted by molar-refractivity contribution is 5.80. The second-order valence-electron chi connectivity index (χ2n) is 6.81. The van der Waals surface area contributed by atoms with Gasteiger partial charge in [-0.05, 0) is 38.2 Å². The first kappa shape index (κ1) is 18.1. The highest BCUT2D eigenvalue weighted by Crippen LogP contribution is 2.26. The number of aryl methyl sites for hydroxylation is 1. The number of carbonyl (C=O) groups is 1. The number of carbonyl (C=O) groups excluding carboxylic acids is 1. The molecule has 1 unspecified atom stereocenters. The molecule has 0 aliphatic carbocycles. The van der Waals surface area contributed by atoms with Gasteiger partial charge in [-0.15, -0.1) is 0 Å². The Kier molecular flexibility index (Phi) is 6.20. The van der Waals surface area contributed by atoms with Crippen molar-refractivity contribution in [2.75, 3.05) is 32.8 Å². The summed E-state index contributed by atoms with van der Waals surface area (Å²) in [7, 11) is 0. The van der Waals surface area contributed by atoms with Crippen molar-refractivity contribution in [3.05, 3.63) is 29.4 Å². The molecule has 1 fully saturated rings. The molecular formula is C18H26FN3O3. The van der Waals surface area contributed by atoms with Gasteiger partial charge in [0, 0.05) is 38.4 Å². The molecule has 1 N–H and O–H groups in total. The fourth-order valence-corrected chi connectivity index (χ4v) is 3.54. The maximum Gasteiger partial charge on any atom is 0.227 e. The Balaban J connectivity index is 1.63. The monoisotopic (exact) mass is 351 g/mol. The Hall–Kier alpha value is -1.73. The van der Waals surface area contributed by atoms with E-state index in [0.29, 0.717) is 39.3 Å². The van der Waals surface area contributed by atoms with Crippen LogP contribution in [0.1, 0.15) is 30.5 Å². The molecule has 3 heterocycles. The van der Waals surface area contributed by atoms with Crippen molar-refractivity contribution in [3.8, 4) is 0 Å². The van der Waals surface area contributed by atoms with Gasteiger partial charge in [-0.2, -0.15) is 0 Å². The van der Waals surface area contributed by atoms with Gasteiger partial charge in [0.25, 0.3) is 0 Å². The van der Waals surface area contributed by atoms with E-state index < -0.39 is 0 Å². The molecule has 138 valence electrons. The number of ether oxygens (including phenoxy) is 1. The van der Waals surface area contributed by atoms with E-state index in [0.717, 1.165) is 24.1 Å². The summed E-state index contributed by atoms with van der Waals surface area (Å²) in [5.74, 6) is -0.0515. The largest absolute Gasteiger partial charge is 0.381 e. The molecule has 2 aliphatic rings. The Morgan fingerprint density at radius 3 is 2.96 bits per heavy atom. The number of rotatable bonds is 6. The quantitative estimate of drug-likeness (QED) is 0.851. The lowest BCUT2D eigenvalue weighted by molar-refractivity contribution is -0.138. The minimum Gasteiger partial charge on any atom is -0.381 e. The van der Waals surface area contributed by atoms with E-state index in [1.54, 1.807) is 17.2 Å². The standard InChI is InChI=1S/C18H26FN3O3/c1-13-15(12-25-21-13)9-20-10-17(14-4-7-24-8-5-14)18(23)22-6-2-3-16(19)11-22/h3,12,14,17,20H,2,4-11H2,1H3.